The van der Waals surface area contributed by atoms with Gasteiger partial charge in [0.15, 0.2) is 11.7 Å². The number of guanidine groups is 1. The number of nitrogens with zero attached hydrogens (tertiary/aromatic N) is 2. The van der Waals surface area contributed by atoms with Crippen molar-refractivity contribution in [3.8, 4) is 11.3 Å². The summed E-state index contributed by atoms with van der Waals surface area (Å²) >= 11 is 0. The Morgan fingerprint density at radius 1 is 1.35 bits per heavy atom. The van der Waals surface area contributed by atoms with Gasteiger partial charge in [0, 0.05) is 12.1 Å². The van der Waals surface area contributed by atoms with Crippen LogP contribution < -0.4 is 11.1 Å². The molecule has 2 aromatic rings. The molecule has 0 spiro atoms. The first kappa shape index (κ1) is 17.8. The van der Waals surface area contributed by atoms with E-state index in [9.17, 15) is 0 Å². The zero-order chi connectivity index (χ0) is 15.4. The molecular weight excluding hydrogens is 403 g/mol. The van der Waals surface area contributed by atoms with Crippen LogP contribution in [0.15, 0.2) is 39.9 Å². The Morgan fingerprint density at radius 3 is 2.74 bits per heavy atom. The summed E-state index contributed by atoms with van der Waals surface area (Å²) in [5, 5.41) is 3.16. The van der Waals surface area contributed by atoms with E-state index in [0.717, 1.165) is 23.8 Å². The molecule has 1 aromatic heterocycles. The zero-order valence-corrected chi connectivity index (χ0v) is 15.6. The predicted molar refractivity (Wildman–Crippen MR) is 103 cm³/mol. The van der Waals surface area contributed by atoms with Crippen LogP contribution >= 0.6 is 24.0 Å². The summed E-state index contributed by atoms with van der Waals surface area (Å²) in [6.07, 6.45) is 5.65. The molecule has 1 aliphatic rings. The van der Waals surface area contributed by atoms with Gasteiger partial charge in [-0.05, 0) is 25.7 Å². The summed E-state index contributed by atoms with van der Waals surface area (Å²) in [6, 6.07) is 8.16. The highest BCUT2D eigenvalue weighted by atomic mass is 127. The van der Waals surface area contributed by atoms with E-state index in [4.69, 9.17) is 10.2 Å². The number of oxazole rings is 1. The van der Waals surface area contributed by atoms with Gasteiger partial charge in [0.1, 0.15) is 6.54 Å². The van der Waals surface area contributed by atoms with E-state index in [1.807, 2.05) is 12.1 Å². The fourth-order valence-corrected chi connectivity index (χ4v) is 2.39. The van der Waals surface area contributed by atoms with Crippen LogP contribution in [0.3, 0.4) is 0 Å². The molecule has 0 bridgehead atoms. The molecule has 0 unspecified atom stereocenters. The second kappa shape index (κ2) is 8.33. The molecule has 23 heavy (non-hydrogen) atoms. The molecule has 1 aromatic carbocycles. The van der Waals surface area contributed by atoms with Crippen molar-refractivity contribution in [2.45, 2.75) is 32.7 Å². The van der Waals surface area contributed by atoms with Gasteiger partial charge in [-0.2, -0.15) is 0 Å². The molecule has 1 saturated carbocycles. The van der Waals surface area contributed by atoms with Crippen molar-refractivity contribution in [1.29, 1.82) is 0 Å². The van der Waals surface area contributed by atoms with Crippen LogP contribution in [0.2, 0.25) is 0 Å². The molecule has 5 nitrogen and oxygen atoms in total. The number of hydrogen-bond donors (Lipinski definition) is 2. The number of rotatable bonds is 5. The van der Waals surface area contributed by atoms with E-state index >= 15 is 0 Å². The van der Waals surface area contributed by atoms with Gasteiger partial charge in [0.2, 0.25) is 5.89 Å². The lowest BCUT2D eigenvalue weighted by atomic mass is 9.85. The molecule has 3 N–H and O–H groups in total. The third-order valence-electron chi connectivity index (χ3n) is 4.07. The first-order chi connectivity index (χ1) is 10.7. The first-order valence-electron chi connectivity index (χ1n) is 7.76. The van der Waals surface area contributed by atoms with Crippen molar-refractivity contribution >= 4 is 29.9 Å². The highest BCUT2D eigenvalue weighted by Gasteiger charge is 2.16. The number of nitrogens with one attached hydrogen (secondary N) is 1. The van der Waals surface area contributed by atoms with Gasteiger partial charge in [-0.25, -0.2) is 9.98 Å². The Balaban J connectivity index is 0.00000192. The van der Waals surface area contributed by atoms with Crippen LogP contribution in [0, 0.1) is 12.8 Å². The Labute approximate surface area is 153 Å². The Kier molecular flexibility index (Phi) is 6.44. The molecule has 0 atom stereocenters. The summed E-state index contributed by atoms with van der Waals surface area (Å²) in [5.41, 5.74) is 8.09. The second-order valence-electron chi connectivity index (χ2n) is 5.86. The van der Waals surface area contributed by atoms with Gasteiger partial charge < -0.3 is 15.5 Å². The van der Waals surface area contributed by atoms with Gasteiger partial charge in [-0.3, -0.25) is 0 Å². The van der Waals surface area contributed by atoms with Crippen molar-refractivity contribution in [3.05, 3.63) is 41.9 Å². The topological polar surface area (TPSA) is 76.4 Å². The van der Waals surface area contributed by atoms with Crippen LogP contribution in [0.5, 0.6) is 0 Å². The molecular formula is C17H23IN4O. The van der Waals surface area contributed by atoms with E-state index in [1.165, 1.54) is 24.8 Å². The number of aromatic nitrogens is 1. The maximum absolute atomic E-state index is 5.85. The van der Waals surface area contributed by atoms with Crippen LogP contribution in [0.4, 0.5) is 0 Å². The van der Waals surface area contributed by atoms with Crippen LogP contribution in [0.1, 0.15) is 30.7 Å². The summed E-state index contributed by atoms with van der Waals surface area (Å²) < 4.78 is 5.72. The average Bonchev–Trinajstić information content (AvgIpc) is 2.93. The normalized spacial score (nSPS) is 14.9. The first-order valence-corrected chi connectivity index (χ1v) is 7.76. The minimum atomic E-state index is 0. The van der Waals surface area contributed by atoms with Crippen molar-refractivity contribution in [2.75, 3.05) is 6.54 Å². The van der Waals surface area contributed by atoms with Crippen molar-refractivity contribution in [2.24, 2.45) is 16.6 Å². The second-order valence-corrected chi connectivity index (χ2v) is 5.86. The number of nitrogens with two attached hydrogens (primary N) is 1. The van der Waals surface area contributed by atoms with E-state index in [-0.39, 0.29) is 24.0 Å². The quantitative estimate of drug-likeness (QED) is 0.436. The predicted octanol–water partition coefficient (Wildman–Crippen LogP) is 3.47. The van der Waals surface area contributed by atoms with Crippen LogP contribution in [-0.4, -0.2) is 17.5 Å². The molecule has 6 heteroatoms. The summed E-state index contributed by atoms with van der Waals surface area (Å²) in [6.45, 7) is 3.33. The molecule has 0 amide bonds. The molecule has 0 saturated heterocycles. The molecule has 0 radical (unpaired) electrons. The van der Waals surface area contributed by atoms with Crippen LogP contribution in [0.25, 0.3) is 11.3 Å². The van der Waals surface area contributed by atoms with Gasteiger partial charge >= 0.3 is 0 Å². The molecule has 3 rings (SSSR count). The molecule has 1 fully saturated rings. The van der Waals surface area contributed by atoms with Crippen molar-refractivity contribution in [3.63, 3.8) is 0 Å². The van der Waals surface area contributed by atoms with Crippen molar-refractivity contribution < 1.29 is 4.42 Å². The Hall–Kier alpha value is -1.57. The third-order valence-corrected chi connectivity index (χ3v) is 4.07. The van der Waals surface area contributed by atoms with E-state index in [0.29, 0.717) is 18.4 Å². The smallest absolute Gasteiger partial charge is 0.216 e. The minimum absolute atomic E-state index is 0. The number of halogens is 1. The summed E-state index contributed by atoms with van der Waals surface area (Å²) in [5.74, 6) is 2.54. The lowest BCUT2D eigenvalue weighted by Gasteiger charge is -2.25. The maximum Gasteiger partial charge on any atom is 0.216 e. The number of aryl methyl sites for hydroxylation is 1. The number of benzene rings is 1. The van der Waals surface area contributed by atoms with E-state index in [2.05, 4.69) is 34.3 Å². The van der Waals surface area contributed by atoms with Gasteiger partial charge in [0.05, 0.1) is 6.20 Å². The minimum Gasteiger partial charge on any atom is -0.439 e. The van der Waals surface area contributed by atoms with E-state index in [1.54, 1.807) is 6.20 Å². The maximum atomic E-state index is 5.85. The Morgan fingerprint density at radius 2 is 2.09 bits per heavy atom. The fourth-order valence-electron chi connectivity index (χ4n) is 2.39. The van der Waals surface area contributed by atoms with E-state index < -0.39 is 0 Å². The molecule has 0 aliphatic heterocycles. The SMILES string of the molecule is Cc1ccc(-c2cnc(CN=C(N)NCC3CCC3)o2)cc1.I. The van der Waals surface area contributed by atoms with Gasteiger partial charge in [-0.15, -0.1) is 24.0 Å². The molecule has 1 aliphatic carbocycles. The lowest BCUT2D eigenvalue weighted by molar-refractivity contribution is 0.315. The van der Waals surface area contributed by atoms with Gasteiger partial charge in [0.25, 0.3) is 0 Å². The fraction of sp³-hybridized carbons (Fsp3) is 0.412. The largest absolute Gasteiger partial charge is 0.439 e. The third kappa shape index (κ3) is 4.95. The summed E-state index contributed by atoms with van der Waals surface area (Å²) in [4.78, 5) is 8.53. The van der Waals surface area contributed by atoms with Crippen molar-refractivity contribution in [1.82, 2.24) is 10.3 Å². The van der Waals surface area contributed by atoms with Crippen LogP contribution in [-0.2, 0) is 6.54 Å². The highest BCUT2D eigenvalue weighted by molar-refractivity contribution is 14.0. The number of hydrogen-bond acceptors (Lipinski definition) is 3. The summed E-state index contributed by atoms with van der Waals surface area (Å²) in [7, 11) is 0. The standard InChI is InChI=1S/C17H22N4O.HI/c1-12-5-7-14(8-6-12)15-10-19-16(22-15)11-21-17(18)20-9-13-3-2-4-13;/h5-8,10,13H,2-4,9,11H2,1H3,(H3,18,20,21);1H. The molecule has 124 valence electrons. The molecule has 1 heterocycles. The number of aliphatic imine (C=N–C) groups is 1. The Bertz CT molecular complexity index is 647. The van der Waals surface area contributed by atoms with Gasteiger partial charge in [-0.1, -0.05) is 36.2 Å². The zero-order valence-electron chi connectivity index (χ0n) is 13.3. The average molecular weight is 426 g/mol. The highest BCUT2D eigenvalue weighted by Crippen LogP contribution is 2.25. The monoisotopic (exact) mass is 426 g/mol. The lowest BCUT2D eigenvalue weighted by Crippen LogP contribution is -2.37.